The number of primary amides is 1. The van der Waals surface area contributed by atoms with Gasteiger partial charge in [-0.05, 0) is 55.4 Å². The molecular formula is C17H22N4O3. The van der Waals surface area contributed by atoms with Crippen LogP contribution < -0.4 is 5.73 Å². The van der Waals surface area contributed by atoms with E-state index in [0.29, 0.717) is 23.1 Å². The molecule has 2 N–H and O–H groups in total. The first-order valence-corrected chi connectivity index (χ1v) is 8.32. The number of benzene rings is 1. The maximum Gasteiger partial charge on any atom is 0.356 e. The minimum atomic E-state index is -0.842. The first kappa shape index (κ1) is 16.6. The molecule has 0 radical (unpaired) electrons. The van der Waals surface area contributed by atoms with Gasteiger partial charge >= 0.3 is 6.03 Å². The quantitative estimate of drug-likeness (QED) is 0.863. The Balaban J connectivity index is 1.56. The summed E-state index contributed by atoms with van der Waals surface area (Å²) in [6.07, 6.45) is 3.25. The molecule has 3 rings (SSSR count). The molecule has 128 valence electrons. The molecule has 0 bridgehead atoms. The lowest BCUT2D eigenvalue weighted by atomic mass is 9.84. The summed E-state index contributed by atoms with van der Waals surface area (Å²) in [5.74, 6) is 1.37. The summed E-state index contributed by atoms with van der Waals surface area (Å²) in [6.45, 7) is 3.34. The van der Waals surface area contributed by atoms with E-state index in [-0.39, 0.29) is 5.91 Å². The molecule has 7 nitrogen and oxygen atoms in total. The van der Waals surface area contributed by atoms with Crippen LogP contribution in [0.2, 0.25) is 0 Å². The first-order valence-electron chi connectivity index (χ1n) is 8.32. The number of nitrogens with zero attached hydrogens (tertiary/aromatic N) is 3. The van der Waals surface area contributed by atoms with Crippen molar-refractivity contribution in [3.05, 3.63) is 29.8 Å². The van der Waals surface area contributed by atoms with E-state index in [1.807, 2.05) is 4.90 Å². The largest absolute Gasteiger partial charge is 0.381 e. The Kier molecular flexibility index (Phi) is 5.20. The smallest absolute Gasteiger partial charge is 0.356 e. The summed E-state index contributed by atoms with van der Waals surface area (Å²) >= 11 is 0. The maximum absolute atomic E-state index is 12.6. The van der Waals surface area contributed by atoms with Gasteiger partial charge in [0.1, 0.15) is 0 Å². The summed E-state index contributed by atoms with van der Waals surface area (Å²) in [4.78, 5) is 25.1. The van der Waals surface area contributed by atoms with Crippen LogP contribution >= 0.6 is 0 Å². The normalized spacial score (nSPS) is 22.2. The molecule has 2 aliphatic rings. The minimum absolute atomic E-state index is 0.0366. The van der Waals surface area contributed by atoms with Crippen molar-refractivity contribution in [3.63, 3.8) is 0 Å². The molecule has 1 atom stereocenters. The SMILES string of the molecule is NC(=O)N=Nc1ccc(C(=O)N2CCC(C3CCOC3)CC2)cc1. The number of amides is 3. The molecule has 2 saturated heterocycles. The molecule has 0 saturated carbocycles. The molecule has 2 aliphatic heterocycles. The van der Waals surface area contributed by atoms with Gasteiger partial charge in [-0.1, -0.05) is 5.11 Å². The summed E-state index contributed by atoms with van der Waals surface area (Å²) in [5, 5.41) is 6.95. The number of carbonyl (C=O) groups excluding carboxylic acids is 2. The zero-order valence-electron chi connectivity index (χ0n) is 13.6. The van der Waals surface area contributed by atoms with Crippen molar-refractivity contribution in [1.29, 1.82) is 0 Å². The van der Waals surface area contributed by atoms with Crippen LogP contribution in [0.5, 0.6) is 0 Å². The summed E-state index contributed by atoms with van der Waals surface area (Å²) < 4.78 is 5.47. The number of urea groups is 1. The second kappa shape index (κ2) is 7.53. The Morgan fingerprint density at radius 1 is 1.08 bits per heavy atom. The summed E-state index contributed by atoms with van der Waals surface area (Å²) in [6, 6.07) is 5.87. The molecule has 2 fully saturated rings. The molecular weight excluding hydrogens is 308 g/mol. The third kappa shape index (κ3) is 3.97. The Hall–Kier alpha value is -2.28. The number of rotatable bonds is 3. The third-order valence-electron chi connectivity index (χ3n) is 4.84. The number of likely N-dealkylation sites (tertiary alicyclic amines) is 1. The topological polar surface area (TPSA) is 97.3 Å². The molecule has 1 aromatic rings. The van der Waals surface area contributed by atoms with Gasteiger partial charge in [-0.25, -0.2) is 4.79 Å². The number of hydrogen-bond acceptors (Lipinski definition) is 4. The van der Waals surface area contributed by atoms with E-state index in [1.54, 1.807) is 24.3 Å². The maximum atomic E-state index is 12.6. The lowest BCUT2D eigenvalue weighted by Gasteiger charge is -2.34. The Labute approximate surface area is 140 Å². The zero-order chi connectivity index (χ0) is 16.9. The fourth-order valence-corrected chi connectivity index (χ4v) is 3.46. The number of piperidine rings is 1. The molecule has 0 aromatic heterocycles. The van der Waals surface area contributed by atoms with Crippen LogP contribution in [0.25, 0.3) is 0 Å². The standard InChI is InChI=1S/C17H22N4O3/c18-17(23)20-19-15-3-1-13(2-4-15)16(22)21-8-5-12(6-9-21)14-7-10-24-11-14/h1-4,12,14H,5-11H2,(H2,18,23). The van der Waals surface area contributed by atoms with Crippen molar-refractivity contribution >= 4 is 17.6 Å². The number of hydrogen-bond donors (Lipinski definition) is 1. The first-order chi connectivity index (χ1) is 11.6. The second-order valence-electron chi connectivity index (χ2n) is 6.34. The van der Waals surface area contributed by atoms with E-state index in [1.165, 1.54) is 0 Å². The molecule has 1 aromatic carbocycles. The average Bonchev–Trinajstić information content (AvgIpc) is 3.14. The van der Waals surface area contributed by atoms with E-state index in [2.05, 4.69) is 10.2 Å². The highest BCUT2D eigenvalue weighted by Crippen LogP contribution is 2.31. The average molecular weight is 330 g/mol. The molecule has 3 amide bonds. The van der Waals surface area contributed by atoms with Gasteiger partial charge in [-0.3, -0.25) is 4.79 Å². The van der Waals surface area contributed by atoms with Crippen LogP contribution in [0.4, 0.5) is 10.5 Å². The van der Waals surface area contributed by atoms with Crippen molar-refractivity contribution in [2.45, 2.75) is 19.3 Å². The van der Waals surface area contributed by atoms with Crippen LogP contribution in [-0.2, 0) is 4.74 Å². The zero-order valence-corrected chi connectivity index (χ0v) is 13.6. The molecule has 2 heterocycles. The van der Waals surface area contributed by atoms with Gasteiger partial charge in [0.2, 0.25) is 0 Å². The highest BCUT2D eigenvalue weighted by Gasteiger charge is 2.30. The van der Waals surface area contributed by atoms with Gasteiger partial charge in [0, 0.05) is 31.9 Å². The molecule has 24 heavy (non-hydrogen) atoms. The van der Waals surface area contributed by atoms with Crippen molar-refractivity contribution in [1.82, 2.24) is 4.90 Å². The minimum Gasteiger partial charge on any atom is -0.381 e. The fourth-order valence-electron chi connectivity index (χ4n) is 3.46. The van der Waals surface area contributed by atoms with Crippen molar-refractivity contribution < 1.29 is 14.3 Å². The Morgan fingerprint density at radius 2 is 1.79 bits per heavy atom. The van der Waals surface area contributed by atoms with E-state index < -0.39 is 6.03 Å². The lowest BCUT2D eigenvalue weighted by Crippen LogP contribution is -2.40. The number of azo groups is 1. The Morgan fingerprint density at radius 3 is 2.38 bits per heavy atom. The highest BCUT2D eigenvalue weighted by molar-refractivity contribution is 5.94. The van der Waals surface area contributed by atoms with Crippen LogP contribution in [0.1, 0.15) is 29.6 Å². The summed E-state index contributed by atoms with van der Waals surface area (Å²) in [7, 11) is 0. The number of nitrogens with two attached hydrogens (primary N) is 1. The van der Waals surface area contributed by atoms with Crippen LogP contribution in [-0.4, -0.2) is 43.1 Å². The van der Waals surface area contributed by atoms with Crippen LogP contribution in [0, 0.1) is 11.8 Å². The lowest BCUT2D eigenvalue weighted by molar-refractivity contribution is 0.0648. The molecule has 7 heteroatoms. The van der Waals surface area contributed by atoms with E-state index in [0.717, 1.165) is 45.6 Å². The van der Waals surface area contributed by atoms with Crippen LogP contribution in [0.15, 0.2) is 34.5 Å². The monoisotopic (exact) mass is 330 g/mol. The van der Waals surface area contributed by atoms with Crippen molar-refractivity contribution in [3.8, 4) is 0 Å². The van der Waals surface area contributed by atoms with Gasteiger partial charge in [-0.15, -0.1) is 5.11 Å². The molecule has 0 aliphatic carbocycles. The van der Waals surface area contributed by atoms with Gasteiger partial charge < -0.3 is 15.4 Å². The molecule has 1 unspecified atom stereocenters. The van der Waals surface area contributed by atoms with Gasteiger partial charge in [0.25, 0.3) is 5.91 Å². The van der Waals surface area contributed by atoms with Crippen molar-refractivity contribution in [2.24, 2.45) is 27.8 Å². The predicted octanol–water partition coefficient (Wildman–Crippen LogP) is 2.74. The third-order valence-corrected chi connectivity index (χ3v) is 4.84. The molecule has 0 spiro atoms. The Bertz CT molecular complexity index is 615. The van der Waals surface area contributed by atoms with Crippen molar-refractivity contribution in [2.75, 3.05) is 26.3 Å². The number of ether oxygens (including phenoxy) is 1. The summed E-state index contributed by atoms with van der Waals surface area (Å²) in [5.41, 5.74) is 6.02. The van der Waals surface area contributed by atoms with E-state index in [9.17, 15) is 9.59 Å². The highest BCUT2D eigenvalue weighted by atomic mass is 16.5. The predicted molar refractivity (Wildman–Crippen MR) is 88.1 cm³/mol. The van der Waals surface area contributed by atoms with Gasteiger partial charge in [0.15, 0.2) is 0 Å². The fraction of sp³-hybridized carbons (Fsp3) is 0.529. The second-order valence-corrected chi connectivity index (χ2v) is 6.34. The van der Waals surface area contributed by atoms with Gasteiger partial charge in [0.05, 0.1) is 5.69 Å². The van der Waals surface area contributed by atoms with Gasteiger partial charge in [-0.2, -0.15) is 0 Å². The van der Waals surface area contributed by atoms with Crippen LogP contribution in [0.3, 0.4) is 0 Å². The van der Waals surface area contributed by atoms with E-state index >= 15 is 0 Å². The number of carbonyl (C=O) groups is 2. The van der Waals surface area contributed by atoms with E-state index in [4.69, 9.17) is 10.5 Å².